The molecule has 1 aromatic carbocycles. The molecule has 0 heterocycles. The van der Waals surface area contributed by atoms with E-state index in [0.717, 1.165) is 18.5 Å². The monoisotopic (exact) mass is 219 g/mol. The summed E-state index contributed by atoms with van der Waals surface area (Å²) >= 11 is 0. The Hall–Kier alpha value is -1.77. The van der Waals surface area contributed by atoms with Gasteiger partial charge in [-0.3, -0.25) is 0 Å². The summed E-state index contributed by atoms with van der Waals surface area (Å²) in [6.07, 6.45) is 2.06. The van der Waals surface area contributed by atoms with Gasteiger partial charge in [-0.25, -0.2) is 4.79 Å². The quantitative estimate of drug-likeness (QED) is 0.723. The SMILES string of the molecule is C=C(CNc1ccccc1CCC)C(=O)O. The summed E-state index contributed by atoms with van der Waals surface area (Å²) in [5.41, 5.74) is 2.38. The van der Waals surface area contributed by atoms with Crippen LogP contribution >= 0.6 is 0 Å². The van der Waals surface area contributed by atoms with Gasteiger partial charge in [0.15, 0.2) is 0 Å². The Labute approximate surface area is 95.8 Å². The summed E-state index contributed by atoms with van der Waals surface area (Å²) in [7, 11) is 0. The van der Waals surface area contributed by atoms with Crippen LogP contribution in [0.1, 0.15) is 18.9 Å². The second-order valence-electron chi connectivity index (χ2n) is 3.67. The Morgan fingerprint density at radius 3 is 2.75 bits per heavy atom. The molecule has 0 atom stereocenters. The van der Waals surface area contributed by atoms with Gasteiger partial charge in [-0.05, 0) is 18.1 Å². The van der Waals surface area contributed by atoms with E-state index in [1.807, 2.05) is 18.2 Å². The highest BCUT2D eigenvalue weighted by atomic mass is 16.4. The van der Waals surface area contributed by atoms with Gasteiger partial charge in [0.25, 0.3) is 0 Å². The van der Waals surface area contributed by atoms with Gasteiger partial charge in [0.05, 0.1) is 0 Å². The number of nitrogens with one attached hydrogen (secondary N) is 1. The Bertz CT molecular complexity index is 385. The lowest BCUT2D eigenvalue weighted by Crippen LogP contribution is -2.12. The molecule has 0 saturated carbocycles. The molecule has 86 valence electrons. The van der Waals surface area contributed by atoms with Crippen molar-refractivity contribution in [3.8, 4) is 0 Å². The van der Waals surface area contributed by atoms with Crippen LogP contribution < -0.4 is 5.32 Å². The molecule has 0 bridgehead atoms. The fourth-order valence-electron chi connectivity index (χ4n) is 1.46. The lowest BCUT2D eigenvalue weighted by Gasteiger charge is -2.11. The number of anilines is 1. The first-order valence-electron chi connectivity index (χ1n) is 5.38. The number of benzene rings is 1. The molecule has 0 aromatic heterocycles. The summed E-state index contributed by atoms with van der Waals surface area (Å²) in [5.74, 6) is -0.958. The van der Waals surface area contributed by atoms with E-state index in [1.54, 1.807) is 0 Å². The minimum atomic E-state index is -0.958. The second kappa shape index (κ2) is 5.95. The van der Waals surface area contributed by atoms with Crippen LogP contribution in [0.4, 0.5) is 5.69 Å². The zero-order chi connectivity index (χ0) is 12.0. The number of hydrogen-bond acceptors (Lipinski definition) is 2. The average molecular weight is 219 g/mol. The normalized spacial score (nSPS) is 9.81. The van der Waals surface area contributed by atoms with Gasteiger partial charge in [0.1, 0.15) is 0 Å². The number of carbonyl (C=O) groups is 1. The lowest BCUT2D eigenvalue weighted by molar-refractivity contribution is -0.132. The third kappa shape index (κ3) is 3.42. The van der Waals surface area contributed by atoms with Gasteiger partial charge < -0.3 is 10.4 Å². The fraction of sp³-hybridized carbons (Fsp3) is 0.308. The Morgan fingerprint density at radius 2 is 2.12 bits per heavy atom. The second-order valence-corrected chi connectivity index (χ2v) is 3.67. The smallest absolute Gasteiger partial charge is 0.332 e. The first kappa shape index (κ1) is 12.3. The van der Waals surface area contributed by atoms with E-state index in [9.17, 15) is 4.79 Å². The van der Waals surface area contributed by atoms with Gasteiger partial charge in [-0.1, -0.05) is 38.1 Å². The van der Waals surface area contributed by atoms with Crippen LogP contribution in [0.2, 0.25) is 0 Å². The number of carboxylic acids is 1. The van der Waals surface area contributed by atoms with E-state index in [4.69, 9.17) is 5.11 Å². The van der Waals surface area contributed by atoms with Crippen LogP contribution in [0, 0.1) is 0 Å². The number of carboxylic acid groups (broad SMARTS) is 1. The van der Waals surface area contributed by atoms with E-state index >= 15 is 0 Å². The summed E-state index contributed by atoms with van der Waals surface area (Å²) in [5, 5.41) is 11.8. The van der Waals surface area contributed by atoms with Crippen molar-refractivity contribution < 1.29 is 9.90 Å². The molecular weight excluding hydrogens is 202 g/mol. The van der Waals surface area contributed by atoms with Crippen molar-refractivity contribution >= 4 is 11.7 Å². The van der Waals surface area contributed by atoms with E-state index in [2.05, 4.69) is 24.9 Å². The predicted octanol–water partition coefficient (Wildman–Crippen LogP) is 2.69. The molecule has 0 amide bonds. The molecule has 0 saturated heterocycles. The van der Waals surface area contributed by atoms with Crippen LogP contribution in [-0.2, 0) is 11.2 Å². The third-order valence-electron chi connectivity index (χ3n) is 2.33. The molecule has 3 heteroatoms. The highest BCUT2D eigenvalue weighted by molar-refractivity contribution is 5.86. The number of aliphatic carboxylic acids is 1. The van der Waals surface area contributed by atoms with Crippen LogP contribution in [0.15, 0.2) is 36.4 Å². The van der Waals surface area contributed by atoms with Crippen molar-refractivity contribution in [2.45, 2.75) is 19.8 Å². The van der Waals surface area contributed by atoms with Gasteiger partial charge in [-0.15, -0.1) is 0 Å². The van der Waals surface area contributed by atoms with E-state index < -0.39 is 5.97 Å². The van der Waals surface area contributed by atoms with Crippen LogP contribution in [0.3, 0.4) is 0 Å². The Balaban J connectivity index is 2.66. The Kier molecular flexibility index (Phi) is 4.58. The van der Waals surface area contributed by atoms with Crippen molar-refractivity contribution in [2.75, 3.05) is 11.9 Å². The van der Waals surface area contributed by atoms with Crippen LogP contribution in [-0.4, -0.2) is 17.6 Å². The van der Waals surface area contributed by atoms with E-state index in [-0.39, 0.29) is 12.1 Å². The minimum absolute atomic E-state index is 0.173. The number of para-hydroxylation sites is 1. The molecule has 0 unspecified atom stereocenters. The maximum atomic E-state index is 10.6. The first-order chi connectivity index (χ1) is 7.65. The zero-order valence-corrected chi connectivity index (χ0v) is 9.49. The molecular formula is C13H17NO2. The summed E-state index contributed by atoms with van der Waals surface area (Å²) in [6.45, 7) is 5.87. The standard InChI is InChI=1S/C13H17NO2/c1-3-6-11-7-4-5-8-12(11)14-9-10(2)13(15)16/h4-5,7-8,14H,2-3,6,9H2,1H3,(H,15,16). The molecule has 1 rings (SSSR count). The first-order valence-corrected chi connectivity index (χ1v) is 5.38. The van der Waals surface area contributed by atoms with Gasteiger partial charge in [0, 0.05) is 17.8 Å². The number of aryl methyl sites for hydroxylation is 1. The van der Waals surface area contributed by atoms with Crippen molar-refractivity contribution in [3.05, 3.63) is 42.0 Å². The molecule has 0 aliphatic heterocycles. The van der Waals surface area contributed by atoms with Crippen molar-refractivity contribution in [1.82, 2.24) is 0 Å². The highest BCUT2D eigenvalue weighted by Crippen LogP contribution is 2.16. The predicted molar refractivity (Wildman–Crippen MR) is 65.7 cm³/mol. The molecule has 0 aliphatic rings. The molecule has 1 aromatic rings. The molecule has 0 spiro atoms. The lowest BCUT2D eigenvalue weighted by atomic mass is 10.1. The van der Waals surface area contributed by atoms with Crippen LogP contribution in [0.25, 0.3) is 0 Å². The highest BCUT2D eigenvalue weighted by Gasteiger charge is 2.05. The summed E-state index contributed by atoms with van der Waals surface area (Å²) in [4.78, 5) is 10.6. The van der Waals surface area contributed by atoms with Crippen molar-refractivity contribution in [1.29, 1.82) is 0 Å². The van der Waals surface area contributed by atoms with E-state index in [1.165, 1.54) is 5.56 Å². The van der Waals surface area contributed by atoms with Crippen LogP contribution in [0.5, 0.6) is 0 Å². The Morgan fingerprint density at radius 1 is 1.44 bits per heavy atom. The number of hydrogen-bond donors (Lipinski definition) is 2. The maximum Gasteiger partial charge on any atom is 0.332 e. The molecule has 0 fully saturated rings. The van der Waals surface area contributed by atoms with Gasteiger partial charge in [0.2, 0.25) is 0 Å². The molecule has 2 N–H and O–H groups in total. The summed E-state index contributed by atoms with van der Waals surface area (Å²) < 4.78 is 0. The average Bonchev–Trinajstić information content (AvgIpc) is 2.27. The van der Waals surface area contributed by atoms with Crippen molar-refractivity contribution in [2.24, 2.45) is 0 Å². The largest absolute Gasteiger partial charge is 0.478 e. The molecule has 3 nitrogen and oxygen atoms in total. The summed E-state index contributed by atoms with van der Waals surface area (Å²) in [6, 6.07) is 7.93. The zero-order valence-electron chi connectivity index (χ0n) is 9.49. The number of rotatable bonds is 6. The van der Waals surface area contributed by atoms with Crippen molar-refractivity contribution in [3.63, 3.8) is 0 Å². The fourth-order valence-corrected chi connectivity index (χ4v) is 1.46. The maximum absolute atomic E-state index is 10.6. The molecule has 0 aliphatic carbocycles. The topological polar surface area (TPSA) is 49.3 Å². The van der Waals surface area contributed by atoms with E-state index in [0.29, 0.717) is 0 Å². The molecule has 0 radical (unpaired) electrons. The third-order valence-corrected chi connectivity index (χ3v) is 2.33. The minimum Gasteiger partial charge on any atom is -0.478 e. The van der Waals surface area contributed by atoms with Gasteiger partial charge >= 0.3 is 5.97 Å². The molecule has 16 heavy (non-hydrogen) atoms. The van der Waals surface area contributed by atoms with Gasteiger partial charge in [-0.2, -0.15) is 0 Å².